The van der Waals surface area contributed by atoms with Crippen LogP contribution in [0.5, 0.6) is 0 Å². The number of unbranched alkanes of at least 4 members (excludes halogenated alkanes) is 18. The molecule has 3 rings (SSSR count). The summed E-state index contributed by atoms with van der Waals surface area (Å²) in [6, 6.07) is 10.7. The fourth-order valence-corrected chi connectivity index (χ4v) is 13.9. The quantitative estimate of drug-likeness (QED) is 0.0234. The summed E-state index contributed by atoms with van der Waals surface area (Å²) in [5, 5.41) is 14.9. The lowest BCUT2D eigenvalue weighted by molar-refractivity contribution is -0.893. The van der Waals surface area contributed by atoms with Gasteiger partial charge in [0.2, 0.25) is 23.6 Å². The van der Waals surface area contributed by atoms with Crippen LogP contribution < -0.4 is 43.6 Å². The van der Waals surface area contributed by atoms with Crippen molar-refractivity contribution in [2.75, 3.05) is 238 Å². The van der Waals surface area contributed by atoms with E-state index >= 15 is 0 Å². The van der Waals surface area contributed by atoms with Gasteiger partial charge in [0.1, 0.15) is 18.7 Å². The second-order valence-electron chi connectivity index (χ2n) is 30.5. The van der Waals surface area contributed by atoms with E-state index in [2.05, 4.69) is 54.5 Å². The van der Waals surface area contributed by atoms with Gasteiger partial charge in [0.25, 0.3) is 5.91 Å². The Labute approximate surface area is 728 Å². The molecule has 27 nitrogen and oxygen atoms in total. The first-order chi connectivity index (χ1) is 57.1. The summed E-state index contributed by atoms with van der Waals surface area (Å²) in [6.07, 6.45) is 31.0. The largest absolute Gasteiger partial charge is 1.00 e. The zero-order valence-corrected chi connectivity index (χ0v) is 75.8. The van der Waals surface area contributed by atoms with Gasteiger partial charge in [-0.25, -0.2) is 4.79 Å². The van der Waals surface area contributed by atoms with E-state index in [1.165, 1.54) is 123 Å². The number of nitrogens with one attached hydrogen (secondary N) is 5. The first kappa shape index (κ1) is 110. The minimum Gasteiger partial charge on any atom is -1.00 e. The van der Waals surface area contributed by atoms with Crippen molar-refractivity contribution < 1.29 is 121 Å². The van der Waals surface area contributed by atoms with Gasteiger partial charge in [-0.2, -0.15) is 0 Å². The van der Waals surface area contributed by atoms with Crippen molar-refractivity contribution in [2.24, 2.45) is 5.41 Å². The molecule has 30 heteroatoms. The van der Waals surface area contributed by atoms with Crippen LogP contribution in [-0.4, -0.2) is 284 Å². The Kier molecular flexibility index (Phi) is 71.1. The van der Waals surface area contributed by atoms with Crippen LogP contribution in [-0.2, 0) is 101 Å². The van der Waals surface area contributed by atoms with E-state index in [-0.39, 0.29) is 94.6 Å². The van der Waals surface area contributed by atoms with Crippen molar-refractivity contribution in [1.29, 1.82) is 0 Å². The van der Waals surface area contributed by atoms with E-state index in [1.807, 2.05) is 0 Å². The van der Waals surface area contributed by atoms with Crippen LogP contribution in [0.4, 0.5) is 5.69 Å². The van der Waals surface area contributed by atoms with Crippen molar-refractivity contribution in [3.8, 4) is 0 Å². The smallest absolute Gasteiger partial charge is 0.328 e. The van der Waals surface area contributed by atoms with Crippen molar-refractivity contribution >= 4 is 64.4 Å². The third kappa shape index (κ3) is 60.3. The number of ether oxygens (including phenoxy) is 15. The summed E-state index contributed by atoms with van der Waals surface area (Å²) in [5.41, 5.74) is 0.653. The summed E-state index contributed by atoms with van der Waals surface area (Å²) < 4.78 is 85.4. The molecular weight excluding hydrogens is 1630 g/mol. The van der Waals surface area contributed by atoms with Gasteiger partial charge in [0.05, 0.1) is 214 Å². The van der Waals surface area contributed by atoms with Gasteiger partial charge in [-0.15, -0.1) is 0 Å². The molecule has 0 aliphatic heterocycles. The molecule has 1 aliphatic rings. The molecule has 1 saturated carbocycles. The molecule has 0 bridgehead atoms. The fraction of sp³-hybridized carbons (Fsp3) is 0.795. The Balaban J connectivity index is 0.0000472. The zero-order valence-electron chi connectivity index (χ0n) is 72.7. The maximum Gasteiger partial charge on any atom is 0.328 e. The van der Waals surface area contributed by atoms with Gasteiger partial charge < -0.3 is 119 Å². The number of esters is 1. The van der Waals surface area contributed by atoms with E-state index in [1.54, 1.807) is 42.5 Å². The van der Waals surface area contributed by atoms with Crippen LogP contribution in [0.25, 0.3) is 0 Å². The molecule has 0 saturated heterocycles. The lowest BCUT2D eigenvalue weighted by atomic mass is 9.81. The molecule has 682 valence electrons. The lowest BCUT2D eigenvalue weighted by Gasteiger charge is -2.33. The third-order valence-corrected chi connectivity index (χ3v) is 20.7. The van der Waals surface area contributed by atoms with Gasteiger partial charge >= 0.3 is 5.97 Å². The molecule has 5 amide bonds. The van der Waals surface area contributed by atoms with Gasteiger partial charge in [0.15, 0.2) is 0 Å². The van der Waals surface area contributed by atoms with Gasteiger partial charge in [0, 0.05) is 70.6 Å². The van der Waals surface area contributed by atoms with Gasteiger partial charge in [-0.3, -0.25) is 24.0 Å². The van der Waals surface area contributed by atoms with E-state index in [9.17, 15) is 28.8 Å². The fourth-order valence-electron chi connectivity index (χ4n) is 13.3. The number of benzene rings is 2. The maximum absolute atomic E-state index is 13.9. The van der Waals surface area contributed by atoms with Gasteiger partial charge in [-0.1, -0.05) is 184 Å². The third-order valence-electron chi connectivity index (χ3n) is 20.1. The van der Waals surface area contributed by atoms with Crippen molar-refractivity contribution in [2.45, 2.75) is 219 Å². The average Bonchev–Trinajstić information content (AvgIpc) is 1.65. The van der Waals surface area contributed by atoms with E-state index in [4.69, 9.17) is 94.3 Å². The molecule has 1 unspecified atom stereocenters. The highest BCUT2D eigenvalue weighted by Crippen LogP contribution is 2.41. The first-order valence-electron chi connectivity index (χ1n) is 44.1. The highest BCUT2D eigenvalue weighted by Gasteiger charge is 2.42. The van der Waals surface area contributed by atoms with Crippen LogP contribution in [0.2, 0.25) is 10.0 Å². The highest BCUT2D eigenvalue weighted by atomic mass is 79.9. The first-order valence-corrected chi connectivity index (χ1v) is 44.8. The number of quaternary nitrogens is 1. The molecule has 2 atom stereocenters. The molecule has 2 aromatic carbocycles. The Morgan fingerprint density at radius 3 is 1.25 bits per heavy atom. The molecule has 1 aliphatic carbocycles. The molecule has 5 N–H and O–H groups in total. The number of hydrogen-bond donors (Lipinski definition) is 5. The summed E-state index contributed by atoms with van der Waals surface area (Å²) in [6.45, 7) is 19.6. The Hall–Kier alpha value is -4.28. The standard InChI is InChI=1S/C88H152Cl2N6O21.BrH/c1-6-8-10-12-14-16-18-20-22-26-46-116-74-77(117-47-27-23-21-19-17-15-13-11-9-7-2)73-96(3,4)45-29-42-91-81(97)36-37-82(98)93-44-49-105-51-53-107-55-57-109-59-61-111-63-65-113-67-69-115-71-70-114-68-66-112-64-62-110-60-58-108-56-54-106-52-50-104-48-38-83(99)92-43-41-88(39-24-25-40-88)87(102)95-80(86(101)103-5)72-75-32-34-76(35-33-75)94-85(100)84-78(89)30-28-31-79(84)90;/h28,30-35,77,80H,6-27,29,36-74H2,1-5H3,(H4-,91,92,93,94,95,97,98,99,100,102);1H/t77?,80-;/m0./s1. The van der Waals surface area contributed by atoms with E-state index < -0.39 is 23.3 Å². The predicted molar refractivity (Wildman–Crippen MR) is 457 cm³/mol. The number of rotatable bonds is 83. The number of methoxy groups -OCH3 is 1. The normalized spacial score (nSPS) is 13.1. The molecule has 0 radical (unpaired) electrons. The van der Waals surface area contributed by atoms with Crippen LogP contribution in [0.15, 0.2) is 42.5 Å². The number of amides is 5. The molecule has 0 heterocycles. The average molecular weight is 1780 g/mol. The molecule has 0 aromatic heterocycles. The van der Waals surface area contributed by atoms with Crippen molar-refractivity contribution in [3.63, 3.8) is 0 Å². The van der Waals surface area contributed by atoms with E-state index in [0.29, 0.717) is 203 Å². The molecule has 0 spiro atoms. The minimum atomic E-state index is -0.948. The Morgan fingerprint density at radius 2 is 0.814 bits per heavy atom. The topological polar surface area (TPSA) is 301 Å². The number of carbonyl (C=O) groups is 6. The number of hydrogen-bond acceptors (Lipinski definition) is 21. The number of anilines is 1. The summed E-state index contributed by atoms with van der Waals surface area (Å²) in [5.74, 6) is -1.78. The van der Waals surface area contributed by atoms with Gasteiger partial charge in [-0.05, 0) is 61.9 Å². The highest BCUT2D eigenvalue weighted by molar-refractivity contribution is 6.40. The molecular formula is C88H153BrCl2N6O21. The van der Waals surface area contributed by atoms with Crippen molar-refractivity contribution in [1.82, 2.24) is 21.3 Å². The number of carbonyl (C=O) groups excluding carboxylic acids is 6. The van der Waals surface area contributed by atoms with Crippen LogP contribution in [0, 0.1) is 5.41 Å². The monoisotopic (exact) mass is 1780 g/mol. The summed E-state index contributed by atoms with van der Waals surface area (Å²) in [4.78, 5) is 77.3. The van der Waals surface area contributed by atoms with Crippen LogP contribution in [0.1, 0.15) is 216 Å². The maximum atomic E-state index is 13.9. The SMILES string of the molecule is CCCCCCCCCCCCOCC(C[N+](C)(C)CCCNC(=O)CCC(=O)NCCOCCOCCOCCOCCOCCOCCOCCOCCOCCOCCOCCOCCC(=O)NCCC1(C(=O)N[C@@H](Cc2ccc(NC(=O)c3c(Cl)cccc3Cl)cc2)C(=O)OC)CCCC1)OCCCCCCCCCCCC.[Br-]. The minimum absolute atomic E-state index is 0. The Bertz CT molecular complexity index is 2770. The molecule has 1 fully saturated rings. The second kappa shape index (κ2) is 76.4. The molecule has 2 aromatic rings. The predicted octanol–water partition coefficient (Wildman–Crippen LogP) is 9.83. The zero-order chi connectivity index (χ0) is 84.4. The van der Waals surface area contributed by atoms with Crippen LogP contribution >= 0.6 is 23.2 Å². The van der Waals surface area contributed by atoms with E-state index in [0.717, 1.165) is 68.5 Å². The van der Waals surface area contributed by atoms with Crippen LogP contribution in [0.3, 0.4) is 0 Å². The molecule has 118 heavy (non-hydrogen) atoms. The Morgan fingerprint density at radius 1 is 0.432 bits per heavy atom. The summed E-state index contributed by atoms with van der Waals surface area (Å²) in [7, 11) is 5.74. The number of nitrogens with zero attached hydrogens (tertiary/aromatic N) is 1. The number of likely N-dealkylation sites (N-methyl/N-ethyl adjacent to an activating group) is 1. The van der Waals surface area contributed by atoms with Crippen molar-refractivity contribution in [3.05, 3.63) is 63.6 Å². The lowest BCUT2D eigenvalue weighted by Crippen LogP contribution is -3.00. The number of halogens is 3. The second-order valence-corrected chi connectivity index (χ2v) is 31.3. The summed E-state index contributed by atoms with van der Waals surface area (Å²) >= 11 is 12.4.